The van der Waals surface area contributed by atoms with E-state index in [0.29, 0.717) is 6.42 Å². The predicted molar refractivity (Wildman–Crippen MR) is 75.1 cm³/mol. The fourth-order valence-corrected chi connectivity index (χ4v) is 1.51. The van der Waals surface area contributed by atoms with Gasteiger partial charge in [-0.1, -0.05) is 13.3 Å². The van der Waals surface area contributed by atoms with Crippen LogP contribution in [-0.4, -0.2) is 34.3 Å². The molecule has 0 aromatic heterocycles. The van der Waals surface area contributed by atoms with Crippen molar-refractivity contribution >= 4 is 11.9 Å². The first-order valence-electron chi connectivity index (χ1n) is 6.85. The maximum Gasteiger partial charge on any atom is 0.323 e. The summed E-state index contributed by atoms with van der Waals surface area (Å²) in [5.41, 5.74) is 1.13. The third-order valence-electron chi connectivity index (χ3n) is 2.34. The maximum absolute atomic E-state index is 11.7. The van der Waals surface area contributed by atoms with Crippen molar-refractivity contribution in [3.8, 4) is 0 Å². The van der Waals surface area contributed by atoms with Gasteiger partial charge >= 0.3 is 11.9 Å². The number of hydrogen-bond donors (Lipinski definition) is 2. The van der Waals surface area contributed by atoms with E-state index in [9.17, 15) is 9.59 Å². The van der Waals surface area contributed by atoms with Gasteiger partial charge in [-0.3, -0.25) is 14.4 Å². The van der Waals surface area contributed by atoms with Crippen LogP contribution in [0.5, 0.6) is 0 Å². The van der Waals surface area contributed by atoms with Crippen LogP contribution in [0.15, 0.2) is 0 Å². The van der Waals surface area contributed by atoms with Crippen LogP contribution in [0.25, 0.3) is 0 Å². The molecule has 0 spiro atoms. The summed E-state index contributed by atoms with van der Waals surface area (Å²) in [6.07, 6.45) is 1.22. The molecule has 0 aromatic rings. The third-order valence-corrected chi connectivity index (χ3v) is 2.34. The van der Waals surface area contributed by atoms with Gasteiger partial charge in [0.15, 0.2) is 0 Å². The third kappa shape index (κ3) is 8.87. The molecule has 2 N–H and O–H groups in total. The zero-order valence-corrected chi connectivity index (χ0v) is 13.3. The fourth-order valence-electron chi connectivity index (χ4n) is 1.51. The van der Waals surface area contributed by atoms with Crippen molar-refractivity contribution in [2.45, 2.75) is 78.0 Å². The minimum absolute atomic E-state index is 0.0374. The van der Waals surface area contributed by atoms with Crippen LogP contribution in [0.1, 0.15) is 60.8 Å². The first kappa shape index (κ1) is 18.9. The smallest absolute Gasteiger partial charge is 0.323 e. The Balaban J connectivity index is 4.37. The standard InChI is InChI=1S/C14H27NO5/c1-7-8-10(12(17)18)15-20-14(5,6)9-11(16)19-13(2,3)4/h10,15H,7-9H2,1-6H3,(H,17,18). The minimum atomic E-state index is -0.972. The molecular weight excluding hydrogens is 262 g/mol. The van der Waals surface area contributed by atoms with Gasteiger partial charge in [0.25, 0.3) is 0 Å². The highest BCUT2D eigenvalue weighted by Crippen LogP contribution is 2.17. The number of carboxylic acids is 1. The molecule has 0 aliphatic heterocycles. The Morgan fingerprint density at radius 1 is 1.20 bits per heavy atom. The second-order valence-corrected chi connectivity index (χ2v) is 6.42. The molecule has 0 saturated heterocycles. The van der Waals surface area contributed by atoms with Gasteiger partial charge in [-0.05, 0) is 41.0 Å². The molecular formula is C14H27NO5. The number of carbonyl (C=O) groups is 2. The average molecular weight is 289 g/mol. The lowest BCUT2D eigenvalue weighted by Gasteiger charge is -2.28. The van der Waals surface area contributed by atoms with E-state index < -0.39 is 23.2 Å². The lowest BCUT2D eigenvalue weighted by atomic mass is 10.1. The number of aliphatic carboxylic acids is 1. The van der Waals surface area contributed by atoms with E-state index in [1.807, 2.05) is 6.92 Å². The Morgan fingerprint density at radius 3 is 2.15 bits per heavy atom. The molecule has 118 valence electrons. The van der Waals surface area contributed by atoms with Crippen LogP contribution < -0.4 is 5.48 Å². The highest BCUT2D eigenvalue weighted by atomic mass is 16.7. The monoisotopic (exact) mass is 289 g/mol. The summed E-state index contributed by atoms with van der Waals surface area (Å²) in [6.45, 7) is 10.7. The van der Waals surface area contributed by atoms with Crippen molar-refractivity contribution in [1.29, 1.82) is 0 Å². The lowest BCUT2D eigenvalue weighted by molar-refractivity contribution is -0.169. The number of esters is 1. The van der Waals surface area contributed by atoms with Crippen molar-refractivity contribution in [3.05, 3.63) is 0 Å². The Morgan fingerprint density at radius 2 is 1.75 bits per heavy atom. The van der Waals surface area contributed by atoms with Gasteiger partial charge in [-0.15, -0.1) is 0 Å². The normalized spacial score (nSPS) is 13.9. The number of rotatable bonds is 8. The topological polar surface area (TPSA) is 84.9 Å². The molecule has 0 aliphatic carbocycles. The van der Waals surface area contributed by atoms with E-state index >= 15 is 0 Å². The number of carbonyl (C=O) groups excluding carboxylic acids is 1. The number of ether oxygens (including phenoxy) is 1. The second kappa shape index (κ2) is 7.59. The van der Waals surface area contributed by atoms with Crippen LogP contribution in [0.2, 0.25) is 0 Å². The molecule has 0 aliphatic rings. The summed E-state index contributed by atoms with van der Waals surface area (Å²) in [7, 11) is 0. The summed E-state index contributed by atoms with van der Waals surface area (Å²) in [5, 5.41) is 9.00. The first-order chi connectivity index (χ1) is 8.97. The minimum Gasteiger partial charge on any atom is -0.480 e. The highest BCUT2D eigenvalue weighted by molar-refractivity contribution is 5.73. The van der Waals surface area contributed by atoms with Crippen LogP contribution in [0, 0.1) is 0 Å². The SMILES string of the molecule is CCCC(NOC(C)(C)CC(=O)OC(C)(C)C)C(=O)O. The summed E-state index contributed by atoms with van der Waals surface area (Å²) >= 11 is 0. The fraction of sp³-hybridized carbons (Fsp3) is 0.857. The molecule has 0 bridgehead atoms. The van der Waals surface area contributed by atoms with E-state index in [0.717, 1.165) is 6.42 Å². The van der Waals surface area contributed by atoms with Crippen LogP contribution in [-0.2, 0) is 19.2 Å². The summed E-state index contributed by atoms with van der Waals surface area (Å²) in [6, 6.07) is -0.780. The molecule has 0 saturated carbocycles. The van der Waals surface area contributed by atoms with Crippen molar-refractivity contribution in [1.82, 2.24) is 5.48 Å². The summed E-state index contributed by atoms with van der Waals surface area (Å²) in [4.78, 5) is 28.1. The quantitative estimate of drug-likeness (QED) is 0.526. The molecule has 1 atom stereocenters. The summed E-state index contributed by atoms with van der Waals surface area (Å²) < 4.78 is 5.21. The molecule has 6 heteroatoms. The molecule has 0 radical (unpaired) electrons. The van der Waals surface area contributed by atoms with Crippen LogP contribution >= 0.6 is 0 Å². The molecule has 0 heterocycles. The Kier molecular flexibility index (Phi) is 7.16. The zero-order valence-electron chi connectivity index (χ0n) is 13.3. The molecule has 0 rings (SSSR count). The number of hydrogen-bond acceptors (Lipinski definition) is 5. The van der Waals surface area contributed by atoms with Gasteiger partial charge in [0.05, 0.1) is 12.0 Å². The first-order valence-corrected chi connectivity index (χ1v) is 6.85. The van der Waals surface area contributed by atoms with Gasteiger partial charge in [-0.25, -0.2) is 0 Å². The van der Waals surface area contributed by atoms with Crippen LogP contribution in [0.4, 0.5) is 0 Å². The highest BCUT2D eigenvalue weighted by Gasteiger charge is 2.29. The second-order valence-electron chi connectivity index (χ2n) is 6.42. The molecule has 6 nitrogen and oxygen atoms in total. The molecule has 0 amide bonds. The van der Waals surface area contributed by atoms with Crippen molar-refractivity contribution in [3.63, 3.8) is 0 Å². The maximum atomic E-state index is 11.7. The molecule has 0 fully saturated rings. The number of carboxylic acid groups (broad SMARTS) is 1. The molecule has 20 heavy (non-hydrogen) atoms. The lowest BCUT2D eigenvalue weighted by Crippen LogP contribution is -2.43. The van der Waals surface area contributed by atoms with Gasteiger partial charge < -0.3 is 9.84 Å². The molecule has 0 aromatic carbocycles. The van der Waals surface area contributed by atoms with Crippen molar-refractivity contribution in [2.24, 2.45) is 0 Å². The Labute approximate surface area is 120 Å². The van der Waals surface area contributed by atoms with E-state index in [1.54, 1.807) is 34.6 Å². The number of nitrogens with one attached hydrogen (secondary N) is 1. The van der Waals surface area contributed by atoms with Gasteiger partial charge in [0.2, 0.25) is 0 Å². The van der Waals surface area contributed by atoms with Gasteiger partial charge in [0.1, 0.15) is 11.6 Å². The zero-order chi connectivity index (χ0) is 16.0. The van der Waals surface area contributed by atoms with Gasteiger partial charge in [-0.2, -0.15) is 5.48 Å². The largest absolute Gasteiger partial charge is 0.480 e. The van der Waals surface area contributed by atoms with Gasteiger partial charge in [0, 0.05) is 0 Å². The Bertz CT molecular complexity index is 333. The van der Waals surface area contributed by atoms with E-state index in [1.165, 1.54) is 0 Å². The average Bonchev–Trinajstić information content (AvgIpc) is 2.19. The van der Waals surface area contributed by atoms with Crippen molar-refractivity contribution < 1.29 is 24.3 Å². The number of hydroxylamine groups is 1. The Hall–Kier alpha value is -1.14. The van der Waals surface area contributed by atoms with Crippen LogP contribution in [0.3, 0.4) is 0 Å². The van der Waals surface area contributed by atoms with E-state index in [-0.39, 0.29) is 12.4 Å². The summed E-state index contributed by atoms with van der Waals surface area (Å²) in [5.74, 6) is -1.36. The predicted octanol–water partition coefficient (Wildman–Crippen LogP) is 2.27. The van der Waals surface area contributed by atoms with E-state index in [2.05, 4.69) is 5.48 Å². The van der Waals surface area contributed by atoms with Crippen molar-refractivity contribution in [2.75, 3.05) is 0 Å². The van der Waals surface area contributed by atoms with E-state index in [4.69, 9.17) is 14.7 Å². The molecule has 1 unspecified atom stereocenters.